The van der Waals surface area contributed by atoms with Crippen molar-refractivity contribution in [1.29, 1.82) is 0 Å². The molecule has 0 fully saturated rings. The standard InChI is InChI=1S/Mo.H2O.3H2S/h;4*1H2/q+3;;;;/p-3. The Morgan fingerprint density at radius 1 is 0.600 bits per heavy atom. The SMILES string of the molecule is O.[Mo+3].[SH-].[SH-].[SH-]. The summed E-state index contributed by atoms with van der Waals surface area (Å²) in [5, 5.41) is 0. The Hall–Kier alpha value is 1.70. The molecular weight excluding hydrogens is 208 g/mol. The van der Waals surface area contributed by atoms with E-state index in [1.165, 1.54) is 0 Å². The summed E-state index contributed by atoms with van der Waals surface area (Å²) in [5.74, 6) is 0. The van der Waals surface area contributed by atoms with Crippen molar-refractivity contribution in [3.8, 4) is 0 Å². The van der Waals surface area contributed by atoms with E-state index in [1.807, 2.05) is 0 Å². The van der Waals surface area contributed by atoms with Crippen LogP contribution in [0.15, 0.2) is 0 Å². The van der Waals surface area contributed by atoms with Crippen molar-refractivity contribution in [2.24, 2.45) is 0 Å². The smallest absolute Gasteiger partial charge is 0.813 e. The maximum atomic E-state index is 0. The first kappa shape index (κ1) is 75.4. The van der Waals surface area contributed by atoms with Crippen molar-refractivity contribution in [3.63, 3.8) is 0 Å². The Morgan fingerprint density at radius 2 is 0.600 bits per heavy atom. The van der Waals surface area contributed by atoms with E-state index in [9.17, 15) is 0 Å². The molecular formula is H5MoOS3. The van der Waals surface area contributed by atoms with Crippen molar-refractivity contribution in [2.75, 3.05) is 0 Å². The summed E-state index contributed by atoms with van der Waals surface area (Å²) in [6, 6.07) is 0. The molecule has 0 aromatic rings. The largest absolute Gasteiger partial charge is 3.00 e. The third kappa shape index (κ3) is 27.0. The molecule has 1 radical (unpaired) electrons. The second-order valence-corrected chi connectivity index (χ2v) is 0. The first-order valence-corrected chi connectivity index (χ1v) is 0. The monoisotopic (exact) mass is 215 g/mol. The van der Waals surface area contributed by atoms with Crippen molar-refractivity contribution >= 4 is 40.5 Å². The zero-order valence-corrected chi connectivity index (χ0v) is 6.94. The number of hydrogen-bond donors (Lipinski definition) is 0. The third-order valence-electron chi connectivity index (χ3n) is 0. The van der Waals surface area contributed by atoms with Gasteiger partial charge in [0.2, 0.25) is 0 Å². The zero-order valence-electron chi connectivity index (χ0n) is 2.25. The quantitative estimate of drug-likeness (QED) is 0.275. The predicted molar refractivity (Wildman–Crippen MR) is 29.9 cm³/mol. The third-order valence-corrected chi connectivity index (χ3v) is 0. The van der Waals surface area contributed by atoms with Crippen LogP contribution in [0, 0.1) is 0 Å². The fraction of sp³-hybridized carbons (Fsp3) is 0. The van der Waals surface area contributed by atoms with Gasteiger partial charge in [-0.2, -0.15) is 0 Å². The molecule has 0 aromatic carbocycles. The summed E-state index contributed by atoms with van der Waals surface area (Å²) >= 11 is 0. The van der Waals surface area contributed by atoms with E-state index in [2.05, 4.69) is 0 Å². The molecule has 0 aliphatic carbocycles. The molecule has 0 amide bonds. The summed E-state index contributed by atoms with van der Waals surface area (Å²) in [4.78, 5) is 0. The van der Waals surface area contributed by atoms with Gasteiger partial charge in [-0.15, -0.1) is 0 Å². The summed E-state index contributed by atoms with van der Waals surface area (Å²) in [6.07, 6.45) is 0. The van der Waals surface area contributed by atoms with E-state index in [-0.39, 0.29) is 67.0 Å². The van der Waals surface area contributed by atoms with Gasteiger partial charge < -0.3 is 46.0 Å². The van der Waals surface area contributed by atoms with Crippen LogP contribution >= 0.6 is 0 Å². The normalized spacial score (nSPS) is 0. The number of rotatable bonds is 0. The topological polar surface area (TPSA) is 31.5 Å². The molecule has 0 atom stereocenters. The van der Waals surface area contributed by atoms with Gasteiger partial charge in [-0.05, 0) is 0 Å². The van der Waals surface area contributed by atoms with Gasteiger partial charge in [0.1, 0.15) is 0 Å². The van der Waals surface area contributed by atoms with E-state index in [4.69, 9.17) is 0 Å². The second-order valence-electron chi connectivity index (χ2n) is 0. The average Bonchev–Trinajstić information content (AvgIpc) is 0. The molecule has 2 N–H and O–H groups in total. The Morgan fingerprint density at radius 3 is 0.600 bits per heavy atom. The summed E-state index contributed by atoms with van der Waals surface area (Å²) in [6.45, 7) is 0. The van der Waals surface area contributed by atoms with Crippen molar-refractivity contribution in [1.82, 2.24) is 0 Å². The first-order valence-electron chi connectivity index (χ1n) is 0. The molecule has 0 aliphatic rings. The molecule has 5 heteroatoms. The van der Waals surface area contributed by atoms with Crippen LogP contribution in [-0.4, -0.2) is 5.48 Å². The van der Waals surface area contributed by atoms with Crippen LogP contribution in [0.25, 0.3) is 0 Å². The van der Waals surface area contributed by atoms with Gasteiger partial charge in [0.15, 0.2) is 0 Å². The predicted octanol–water partition coefficient (Wildman–Crippen LogP) is -1.64. The Kier molecular flexibility index (Phi) is 658. The molecule has 0 heterocycles. The molecule has 0 rings (SSSR count). The zero-order chi connectivity index (χ0) is 0. The van der Waals surface area contributed by atoms with Gasteiger partial charge in [-0.3, -0.25) is 0 Å². The minimum Gasteiger partial charge on any atom is -0.813 e. The van der Waals surface area contributed by atoms with Gasteiger partial charge in [0.25, 0.3) is 0 Å². The Balaban J connectivity index is 0. The van der Waals surface area contributed by atoms with E-state index in [1.54, 1.807) is 0 Å². The molecule has 0 unspecified atom stereocenters. The molecule has 0 spiro atoms. The van der Waals surface area contributed by atoms with Crippen molar-refractivity contribution < 1.29 is 26.5 Å². The van der Waals surface area contributed by atoms with Crippen LogP contribution in [0.4, 0.5) is 0 Å². The van der Waals surface area contributed by atoms with E-state index < -0.39 is 0 Å². The molecule has 35 valence electrons. The van der Waals surface area contributed by atoms with Gasteiger partial charge in [-0.1, -0.05) is 0 Å². The minimum absolute atomic E-state index is 0. The first-order chi connectivity index (χ1) is 0. The molecule has 0 aliphatic heterocycles. The molecule has 0 saturated carbocycles. The summed E-state index contributed by atoms with van der Waals surface area (Å²) in [7, 11) is 0. The van der Waals surface area contributed by atoms with Crippen LogP contribution in [0.1, 0.15) is 0 Å². The molecule has 5 heavy (non-hydrogen) atoms. The van der Waals surface area contributed by atoms with Gasteiger partial charge in [-0.25, -0.2) is 0 Å². The van der Waals surface area contributed by atoms with Crippen LogP contribution in [0.2, 0.25) is 0 Å². The molecule has 1 nitrogen and oxygen atoms in total. The fourth-order valence-corrected chi connectivity index (χ4v) is 0. The van der Waals surface area contributed by atoms with Crippen molar-refractivity contribution in [2.45, 2.75) is 0 Å². The minimum atomic E-state index is 0. The second kappa shape index (κ2) is 43.6. The van der Waals surface area contributed by atoms with Crippen LogP contribution in [0.3, 0.4) is 0 Å². The maximum Gasteiger partial charge on any atom is 3.00 e. The van der Waals surface area contributed by atoms with Crippen LogP contribution in [-0.2, 0) is 61.6 Å². The van der Waals surface area contributed by atoms with E-state index >= 15 is 0 Å². The fourth-order valence-electron chi connectivity index (χ4n) is 0. The van der Waals surface area contributed by atoms with Gasteiger partial charge in [0, 0.05) is 0 Å². The van der Waals surface area contributed by atoms with Crippen LogP contribution < -0.4 is 0 Å². The average molecular weight is 213 g/mol. The van der Waals surface area contributed by atoms with Gasteiger partial charge >= 0.3 is 21.1 Å². The summed E-state index contributed by atoms with van der Waals surface area (Å²) < 4.78 is 0. The van der Waals surface area contributed by atoms with Gasteiger partial charge in [0.05, 0.1) is 0 Å². The summed E-state index contributed by atoms with van der Waals surface area (Å²) in [5.41, 5.74) is 0. The maximum absolute atomic E-state index is 0. The number of thiol groups is 3. The van der Waals surface area contributed by atoms with E-state index in [0.29, 0.717) is 0 Å². The molecule has 0 saturated heterocycles. The van der Waals surface area contributed by atoms with Crippen molar-refractivity contribution in [3.05, 3.63) is 0 Å². The Bertz CT molecular complexity index is 6.85. The van der Waals surface area contributed by atoms with Crippen LogP contribution in [0.5, 0.6) is 0 Å². The molecule has 0 aromatic heterocycles. The molecule has 0 bridgehead atoms. The number of hydrogen-bond acceptors (Lipinski definition) is 3. The Labute approximate surface area is 66.8 Å². The van der Waals surface area contributed by atoms with E-state index in [0.717, 1.165) is 0 Å².